The molecule has 2 heterocycles. The van der Waals surface area contributed by atoms with Gasteiger partial charge in [0.05, 0.1) is 16.4 Å². The maximum absolute atomic E-state index is 12.9. The molecule has 6 nitrogen and oxygen atoms in total. The summed E-state index contributed by atoms with van der Waals surface area (Å²) >= 11 is 1.43. The zero-order valence-corrected chi connectivity index (χ0v) is 19.1. The molecule has 0 atom stereocenters. The second kappa shape index (κ2) is 8.72. The van der Waals surface area contributed by atoms with Crippen molar-refractivity contribution in [3.63, 3.8) is 0 Å². The van der Waals surface area contributed by atoms with Gasteiger partial charge < -0.3 is 9.64 Å². The fourth-order valence-corrected chi connectivity index (χ4v) is 5.50. The molecule has 0 aliphatic carbocycles. The molecule has 31 heavy (non-hydrogen) atoms. The van der Waals surface area contributed by atoms with E-state index in [1.54, 1.807) is 24.3 Å². The molecule has 3 aromatic rings. The average molecular weight is 457 g/mol. The van der Waals surface area contributed by atoms with Crippen molar-refractivity contribution in [3.05, 3.63) is 75.5 Å². The normalized spacial score (nSPS) is 13.5. The Morgan fingerprint density at radius 1 is 1.16 bits per heavy atom. The summed E-state index contributed by atoms with van der Waals surface area (Å²) in [7, 11) is -3.74. The van der Waals surface area contributed by atoms with E-state index in [0.29, 0.717) is 36.0 Å². The Balaban J connectivity index is 1.53. The van der Waals surface area contributed by atoms with Crippen molar-refractivity contribution in [1.29, 1.82) is 0 Å². The van der Waals surface area contributed by atoms with Gasteiger partial charge in [0.15, 0.2) is 0 Å². The zero-order chi connectivity index (χ0) is 22.0. The van der Waals surface area contributed by atoms with E-state index in [0.717, 1.165) is 23.1 Å². The molecule has 4 rings (SSSR count). The lowest BCUT2D eigenvalue weighted by molar-refractivity contribution is 0.0739. The SMILES string of the molecule is CCOc1ccc(S(=O)(=O)Nc2ccc3c(c2)CN(C(=O)c2cccs2)CC3)cc1C. The molecule has 0 radical (unpaired) electrons. The molecule has 1 N–H and O–H groups in total. The molecule has 0 saturated carbocycles. The van der Waals surface area contributed by atoms with Crippen LogP contribution >= 0.6 is 11.3 Å². The molecule has 0 spiro atoms. The lowest BCUT2D eigenvalue weighted by Gasteiger charge is -2.29. The second-order valence-electron chi connectivity index (χ2n) is 7.40. The maximum Gasteiger partial charge on any atom is 0.264 e. The Labute approximate surface area is 186 Å². The number of carbonyl (C=O) groups excluding carboxylic acids is 1. The van der Waals surface area contributed by atoms with Crippen molar-refractivity contribution in [2.45, 2.75) is 31.7 Å². The van der Waals surface area contributed by atoms with Crippen LogP contribution in [-0.2, 0) is 23.0 Å². The van der Waals surface area contributed by atoms with Crippen LogP contribution in [0.5, 0.6) is 5.75 Å². The summed E-state index contributed by atoms with van der Waals surface area (Å²) in [6.07, 6.45) is 0.748. The Bertz CT molecular complexity index is 1200. The molecular weight excluding hydrogens is 432 g/mol. The number of nitrogens with zero attached hydrogens (tertiary/aromatic N) is 1. The predicted molar refractivity (Wildman–Crippen MR) is 122 cm³/mol. The molecule has 0 fully saturated rings. The van der Waals surface area contributed by atoms with E-state index in [1.165, 1.54) is 11.3 Å². The predicted octanol–water partition coefficient (Wildman–Crippen LogP) is 4.45. The summed E-state index contributed by atoms with van der Waals surface area (Å²) in [6.45, 7) is 5.34. The molecule has 1 amide bonds. The summed E-state index contributed by atoms with van der Waals surface area (Å²) in [6, 6.07) is 14.0. The number of amides is 1. The number of thiophene rings is 1. The molecule has 0 unspecified atom stereocenters. The van der Waals surface area contributed by atoms with Gasteiger partial charge in [-0.15, -0.1) is 11.3 Å². The van der Waals surface area contributed by atoms with Crippen molar-refractivity contribution in [2.24, 2.45) is 0 Å². The van der Waals surface area contributed by atoms with Gasteiger partial charge in [-0.05, 0) is 78.7 Å². The topological polar surface area (TPSA) is 75.7 Å². The molecule has 0 saturated heterocycles. The van der Waals surface area contributed by atoms with Crippen molar-refractivity contribution in [3.8, 4) is 5.75 Å². The van der Waals surface area contributed by atoms with E-state index < -0.39 is 10.0 Å². The fraction of sp³-hybridized carbons (Fsp3) is 0.261. The Kier molecular flexibility index (Phi) is 6.02. The molecule has 0 bridgehead atoms. The van der Waals surface area contributed by atoms with E-state index in [9.17, 15) is 13.2 Å². The van der Waals surface area contributed by atoms with Gasteiger partial charge in [-0.1, -0.05) is 12.1 Å². The highest BCUT2D eigenvalue weighted by molar-refractivity contribution is 7.92. The standard InChI is InChI=1S/C23H24N2O4S2/c1-3-29-21-9-8-20(13-16(21)2)31(27,28)24-19-7-6-17-10-11-25(15-18(17)14-19)23(26)22-5-4-12-30-22/h4-9,12-14,24H,3,10-11,15H2,1-2H3. The number of benzene rings is 2. The summed E-state index contributed by atoms with van der Waals surface area (Å²) < 4.78 is 34.0. The van der Waals surface area contributed by atoms with E-state index >= 15 is 0 Å². The molecule has 1 aliphatic heterocycles. The second-order valence-corrected chi connectivity index (χ2v) is 10.0. The van der Waals surface area contributed by atoms with Gasteiger partial charge in [0.25, 0.3) is 15.9 Å². The first-order chi connectivity index (χ1) is 14.9. The Morgan fingerprint density at radius 3 is 2.71 bits per heavy atom. The van der Waals surface area contributed by atoms with Crippen molar-refractivity contribution < 1.29 is 17.9 Å². The van der Waals surface area contributed by atoms with Gasteiger partial charge in [0.1, 0.15) is 5.75 Å². The number of anilines is 1. The monoisotopic (exact) mass is 456 g/mol. The first-order valence-corrected chi connectivity index (χ1v) is 12.4. The molecule has 1 aliphatic rings. The fourth-order valence-electron chi connectivity index (χ4n) is 3.67. The van der Waals surface area contributed by atoms with Crippen LogP contribution < -0.4 is 9.46 Å². The molecule has 8 heteroatoms. The third-order valence-corrected chi connectivity index (χ3v) is 7.48. The van der Waals surface area contributed by atoms with Gasteiger partial charge >= 0.3 is 0 Å². The highest BCUT2D eigenvalue weighted by atomic mass is 32.2. The number of rotatable bonds is 6. The molecule has 1 aromatic heterocycles. The summed E-state index contributed by atoms with van der Waals surface area (Å²) in [5, 5.41) is 1.89. The van der Waals surface area contributed by atoms with Crippen molar-refractivity contribution in [2.75, 3.05) is 17.9 Å². The van der Waals surface area contributed by atoms with Crippen molar-refractivity contribution >= 4 is 33.0 Å². The highest BCUT2D eigenvalue weighted by Gasteiger charge is 2.23. The molecular formula is C23H24N2O4S2. The van der Waals surface area contributed by atoms with Crippen LogP contribution in [0, 0.1) is 6.92 Å². The summed E-state index contributed by atoms with van der Waals surface area (Å²) in [5.74, 6) is 0.683. The van der Waals surface area contributed by atoms with E-state index in [1.807, 2.05) is 48.4 Å². The number of fused-ring (bicyclic) bond motifs is 1. The molecule has 162 valence electrons. The minimum absolute atomic E-state index is 0.0106. The first-order valence-electron chi connectivity index (χ1n) is 10.1. The summed E-state index contributed by atoms with van der Waals surface area (Å²) in [5.41, 5.74) is 3.34. The number of sulfonamides is 1. The third-order valence-electron chi connectivity index (χ3n) is 5.25. The van der Waals surface area contributed by atoms with Gasteiger partial charge in [-0.2, -0.15) is 0 Å². The lowest BCUT2D eigenvalue weighted by Crippen LogP contribution is -2.35. The van der Waals surface area contributed by atoms with Crippen LogP contribution in [0.1, 0.15) is 33.3 Å². The first kappa shape index (κ1) is 21.4. The maximum atomic E-state index is 12.9. The Morgan fingerprint density at radius 2 is 2.00 bits per heavy atom. The van der Waals surface area contributed by atoms with Crippen LogP contribution in [-0.4, -0.2) is 32.4 Å². The third kappa shape index (κ3) is 4.60. The largest absolute Gasteiger partial charge is 0.494 e. The number of hydrogen-bond donors (Lipinski definition) is 1. The van der Waals surface area contributed by atoms with Crippen LogP contribution in [0.25, 0.3) is 0 Å². The van der Waals surface area contributed by atoms with E-state index in [-0.39, 0.29) is 10.8 Å². The minimum Gasteiger partial charge on any atom is -0.494 e. The lowest BCUT2D eigenvalue weighted by atomic mass is 9.99. The molecule has 2 aromatic carbocycles. The zero-order valence-electron chi connectivity index (χ0n) is 17.4. The number of nitrogens with one attached hydrogen (secondary N) is 1. The van der Waals surface area contributed by atoms with E-state index in [2.05, 4.69) is 4.72 Å². The van der Waals surface area contributed by atoms with Gasteiger partial charge in [0.2, 0.25) is 0 Å². The number of aryl methyl sites for hydroxylation is 1. The van der Waals surface area contributed by atoms with Crippen LogP contribution in [0.2, 0.25) is 0 Å². The van der Waals surface area contributed by atoms with E-state index in [4.69, 9.17) is 4.74 Å². The van der Waals surface area contributed by atoms with Crippen LogP contribution in [0.4, 0.5) is 5.69 Å². The minimum atomic E-state index is -3.74. The Hall–Kier alpha value is -2.84. The van der Waals surface area contributed by atoms with Crippen LogP contribution in [0.3, 0.4) is 0 Å². The van der Waals surface area contributed by atoms with Gasteiger partial charge in [0, 0.05) is 18.8 Å². The number of hydrogen-bond acceptors (Lipinski definition) is 5. The van der Waals surface area contributed by atoms with Crippen molar-refractivity contribution in [1.82, 2.24) is 4.90 Å². The van der Waals surface area contributed by atoms with Gasteiger partial charge in [-0.25, -0.2) is 8.42 Å². The number of carbonyl (C=O) groups is 1. The quantitative estimate of drug-likeness (QED) is 0.594. The highest BCUT2D eigenvalue weighted by Crippen LogP contribution is 2.27. The summed E-state index contributed by atoms with van der Waals surface area (Å²) in [4.78, 5) is 15.4. The average Bonchev–Trinajstić information content (AvgIpc) is 3.29. The van der Waals surface area contributed by atoms with Gasteiger partial charge in [-0.3, -0.25) is 9.52 Å². The van der Waals surface area contributed by atoms with Crippen LogP contribution in [0.15, 0.2) is 58.8 Å². The smallest absolute Gasteiger partial charge is 0.264 e. The number of ether oxygens (including phenoxy) is 1.